The normalized spacial score (nSPS) is 10.6. The van der Waals surface area contributed by atoms with Crippen LogP contribution in [0.25, 0.3) is 22.0 Å². The zero-order valence-corrected chi connectivity index (χ0v) is 9.17. The van der Waals surface area contributed by atoms with Crippen LogP contribution in [-0.2, 0) is 0 Å². The van der Waals surface area contributed by atoms with E-state index in [4.69, 9.17) is 7.85 Å². The lowest BCUT2D eigenvalue weighted by molar-refractivity contribution is 1.31. The largest absolute Gasteiger partial charge is 0.263 e. The smallest absolute Gasteiger partial charge is 0.115 e. The molecule has 2 heterocycles. The van der Waals surface area contributed by atoms with Crippen LogP contribution >= 0.6 is 0 Å². The van der Waals surface area contributed by atoms with Crippen molar-refractivity contribution < 1.29 is 0 Å². The molecule has 17 heavy (non-hydrogen) atoms. The number of hydrogen-bond donors (Lipinski definition) is 0. The minimum absolute atomic E-state index is 0.668. The highest BCUT2D eigenvalue weighted by molar-refractivity contribution is 6.32. The molecule has 2 radical (unpaired) electrons. The highest BCUT2D eigenvalue weighted by atomic mass is 14.7. The molecule has 3 aromatic rings. The molecular weight excluding hydrogens is 207 g/mol. The van der Waals surface area contributed by atoms with Crippen molar-refractivity contribution in [1.29, 1.82) is 0 Å². The topological polar surface area (TPSA) is 25.8 Å². The summed E-state index contributed by atoms with van der Waals surface area (Å²) in [5.41, 5.74) is 2.59. The van der Waals surface area contributed by atoms with Crippen molar-refractivity contribution in [3.63, 3.8) is 0 Å². The van der Waals surface area contributed by atoms with Crippen molar-refractivity contribution in [2.24, 2.45) is 0 Å². The van der Waals surface area contributed by atoms with Gasteiger partial charge in [0.1, 0.15) is 7.85 Å². The van der Waals surface area contributed by atoms with Gasteiger partial charge in [0, 0.05) is 29.5 Å². The molecule has 3 heteroatoms. The van der Waals surface area contributed by atoms with E-state index in [-0.39, 0.29) is 0 Å². The summed E-state index contributed by atoms with van der Waals surface area (Å²) in [6.45, 7) is 0. The van der Waals surface area contributed by atoms with Gasteiger partial charge in [0.15, 0.2) is 0 Å². The van der Waals surface area contributed by atoms with Gasteiger partial charge in [0.25, 0.3) is 0 Å². The molecule has 0 aliphatic heterocycles. The zero-order valence-electron chi connectivity index (χ0n) is 9.17. The summed E-state index contributed by atoms with van der Waals surface area (Å²) < 4.78 is 0. The van der Waals surface area contributed by atoms with E-state index in [1.54, 1.807) is 6.20 Å². The van der Waals surface area contributed by atoms with Crippen LogP contribution in [0.15, 0.2) is 55.0 Å². The molecule has 0 saturated carbocycles. The van der Waals surface area contributed by atoms with Crippen LogP contribution in [0.4, 0.5) is 0 Å². The van der Waals surface area contributed by atoms with Crippen LogP contribution in [0.1, 0.15) is 0 Å². The second-order valence-corrected chi connectivity index (χ2v) is 3.88. The van der Waals surface area contributed by atoms with Crippen molar-refractivity contribution in [3.05, 3.63) is 55.0 Å². The summed E-state index contributed by atoms with van der Waals surface area (Å²) in [5.74, 6) is 0. The van der Waals surface area contributed by atoms with Gasteiger partial charge in [0.2, 0.25) is 0 Å². The Labute approximate surface area is 101 Å². The standard InChI is InChI=1S/C14H9BN2/c15-11-5-6-14(17-8-11)13-9-16-7-10-3-1-2-4-12(10)13/h1-9H. The molecule has 2 aromatic heterocycles. The lowest BCUT2D eigenvalue weighted by Gasteiger charge is -2.05. The van der Waals surface area contributed by atoms with Crippen LogP contribution in [-0.4, -0.2) is 17.8 Å². The number of hydrogen-bond acceptors (Lipinski definition) is 2. The summed E-state index contributed by atoms with van der Waals surface area (Å²) in [6, 6.07) is 11.9. The summed E-state index contributed by atoms with van der Waals surface area (Å²) in [6.07, 6.45) is 5.36. The van der Waals surface area contributed by atoms with Gasteiger partial charge >= 0.3 is 0 Å². The molecule has 0 aliphatic carbocycles. The molecule has 0 N–H and O–H groups in total. The minimum atomic E-state index is 0.668. The first kappa shape index (κ1) is 10.0. The van der Waals surface area contributed by atoms with Crippen molar-refractivity contribution in [1.82, 2.24) is 9.97 Å². The molecule has 78 valence electrons. The van der Waals surface area contributed by atoms with Crippen molar-refractivity contribution in [3.8, 4) is 11.3 Å². The molecule has 0 unspecified atom stereocenters. The third kappa shape index (κ3) is 1.80. The van der Waals surface area contributed by atoms with E-state index in [0.29, 0.717) is 5.46 Å². The van der Waals surface area contributed by atoms with Gasteiger partial charge in [-0.2, -0.15) is 0 Å². The highest BCUT2D eigenvalue weighted by Gasteiger charge is 2.04. The number of benzene rings is 1. The molecule has 2 nitrogen and oxygen atoms in total. The van der Waals surface area contributed by atoms with E-state index in [1.807, 2.05) is 42.7 Å². The number of nitrogens with zero attached hydrogens (tertiary/aromatic N) is 2. The zero-order chi connectivity index (χ0) is 11.7. The first-order valence-corrected chi connectivity index (χ1v) is 5.39. The van der Waals surface area contributed by atoms with E-state index >= 15 is 0 Å². The third-order valence-corrected chi connectivity index (χ3v) is 2.73. The van der Waals surface area contributed by atoms with Gasteiger partial charge in [-0.15, -0.1) is 0 Å². The van der Waals surface area contributed by atoms with Crippen molar-refractivity contribution >= 4 is 24.1 Å². The van der Waals surface area contributed by atoms with Crippen molar-refractivity contribution in [2.75, 3.05) is 0 Å². The lowest BCUT2D eigenvalue weighted by Crippen LogP contribution is -2.02. The monoisotopic (exact) mass is 216 g/mol. The van der Waals surface area contributed by atoms with Crippen LogP contribution in [0.2, 0.25) is 0 Å². The second kappa shape index (κ2) is 4.02. The molecular formula is C14H9BN2. The highest BCUT2D eigenvalue weighted by Crippen LogP contribution is 2.25. The Balaban J connectivity index is 2.27. The maximum atomic E-state index is 5.64. The summed E-state index contributed by atoms with van der Waals surface area (Å²) in [4.78, 5) is 8.57. The van der Waals surface area contributed by atoms with E-state index in [0.717, 1.165) is 22.0 Å². The quantitative estimate of drug-likeness (QED) is 0.582. The summed E-state index contributed by atoms with van der Waals surface area (Å²) in [5, 5.41) is 2.27. The second-order valence-electron chi connectivity index (χ2n) is 3.88. The predicted molar refractivity (Wildman–Crippen MR) is 70.4 cm³/mol. The lowest BCUT2D eigenvalue weighted by atomic mass is 9.97. The van der Waals surface area contributed by atoms with Gasteiger partial charge < -0.3 is 0 Å². The van der Waals surface area contributed by atoms with Gasteiger partial charge in [-0.25, -0.2) is 0 Å². The van der Waals surface area contributed by atoms with Crippen LogP contribution in [0.3, 0.4) is 0 Å². The van der Waals surface area contributed by atoms with Gasteiger partial charge in [0.05, 0.1) is 5.69 Å². The molecule has 0 amide bonds. The SMILES string of the molecule is [B]c1ccc(-c2cncc3ccccc23)nc1. The van der Waals surface area contributed by atoms with E-state index in [2.05, 4.69) is 16.0 Å². The maximum absolute atomic E-state index is 5.64. The van der Waals surface area contributed by atoms with Gasteiger partial charge in [-0.05, 0) is 11.5 Å². The molecule has 0 spiro atoms. The Bertz CT molecular complexity index is 657. The van der Waals surface area contributed by atoms with E-state index < -0.39 is 0 Å². The average Bonchev–Trinajstić information content (AvgIpc) is 2.39. The van der Waals surface area contributed by atoms with E-state index in [9.17, 15) is 0 Å². The fourth-order valence-electron chi connectivity index (χ4n) is 1.89. The number of fused-ring (bicyclic) bond motifs is 1. The summed E-state index contributed by atoms with van der Waals surface area (Å²) >= 11 is 0. The number of pyridine rings is 2. The van der Waals surface area contributed by atoms with E-state index in [1.165, 1.54) is 0 Å². The van der Waals surface area contributed by atoms with Gasteiger partial charge in [-0.1, -0.05) is 35.8 Å². The Morgan fingerprint density at radius 1 is 0.882 bits per heavy atom. The Kier molecular flexibility index (Phi) is 2.37. The molecule has 1 aromatic carbocycles. The Morgan fingerprint density at radius 2 is 1.76 bits per heavy atom. The molecule has 0 saturated heterocycles. The molecule has 3 rings (SSSR count). The number of aromatic nitrogens is 2. The predicted octanol–water partition coefficient (Wildman–Crippen LogP) is 2.09. The minimum Gasteiger partial charge on any atom is -0.263 e. The Hall–Kier alpha value is -2.16. The van der Waals surface area contributed by atoms with Crippen LogP contribution < -0.4 is 5.46 Å². The first-order chi connectivity index (χ1) is 8.34. The Morgan fingerprint density at radius 3 is 2.59 bits per heavy atom. The first-order valence-electron chi connectivity index (χ1n) is 5.39. The van der Waals surface area contributed by atoms with Crippen molar-refractivity contribution in [2.45, 2.75) is 0 Å². The number of rotatable bonds is 1. The molecule has 0 fully saturated rings. The molecule has 0 atom stereocenters. The summed E-state index contributed by atoms with van der Waals surface area (Å²) in [7, 11) is 5.64. The fraction of sp³-hybridized carbons (Fsp3) is 0. The average molecular weight is 216 g/mol. The molecule has 0 bridgehead atoms. The fourth-order valence-corrected chi connectivity index (χ4v) is 1.89. The van der Waals surface area contributed by atoms with Crippen LogP contribution in [0, 0.1) is 0 Å². The molecule has 0 aliphatic rings. The third-order valence-electron chi connectivity index (χ3n) is 2.73. The van der Waals surface area contributed by atoms with Gasteiger partial charge in [-0.3, -0.25) is 9.97 Å². The van der Waals surface area contributed by atoms with Crippen LogP contribution in [0.5, 0.6) is 0 Å². The maximum Gasteiger partial charge on any atom is 0.115 e.